The molecule has 0 spiro atoms. The standard InChI is InChI=1S/C14H22N4O2/c1-3-12-6-4-10(2)17(12)9-11-5-7-13(16-15)14(8-11)18(19)20/h5,7-8,10,12,16H,3-4,6,9,15H2,1-2H3. The number of benzene rings is 1. The summed E-state index contributed by atoms with van der Waals surface area (Å²) in [6, 6.07) is 6.31. The van der Waals surface area contributed by atoms with Crippen LogP contribution in [0.3, 0.4) is 0 Å². The van der Waals surface area contributed by atoms with Gasteiger partial charge in [0.15, 0.2) is 0 Å². The molecule has 0 radical (unpaired) electrons. The highest BCUT2D eigenvalue weighted by Gasteiger charge is 2.29. The first kappa shape index (κ1) is 14.7. The maximum atomic E-state index is 11.1. The van der Waals surface area contributed by atoms with Crippen LogP contribution < -0.4 is 11.3 Å². The Bertz CT molecular complexity index is 492. The summed E-state index contributed by atoms with van der Waals surface area (Å²) < 4.78 is 0. The van der Waals surface area contributed by atoms with Gasteiger partial charge in [0.05, 0.1) is 4.92 Å². The van der Waals surface area contributed by atoms with Crippen molar-refractivity contribution in [3.05, 3.63) is 33.9 Å². The lowest BCUT2D eigenvalue weighted by molar-refractivity contribution is -0.384. The number of hydrazine groups is 1. The molecule has 2 atom stereocenters. The molecule has 20 heavy (non-hydrogen) atoms. The lowest BCUT2D eigenvalue weighted by atomic mass is 10.1. The summed E-state index contributed by atoms with van der Waals surface area (Å²) in [6.45, 7) is 5.17. The molecule has 110 valence electrons. The van der Waals surface area contributed by atoms with Crippen molar-refractivity contribution >= 4 is 11.4 Å². The monoisotopic (exact) mass is 278 g/mol. The van der Waals surface area contributed by atoms with Crippen molar-refractivity contribution < 1.29 is 4.92 Å². The first-order valence-corrected chi connectivity index (χ1v) is 7.06. The highest BCUT2D eigenvalue weighted by atomic mass is 16.6. The van der Waals surface area contributed by atoms with Gasteiger partial charge in [0.25, 0.3) is 5.69 Å². The molecule has 0 aromatic heterocycles. The van der Waals surface area contributed by atoms with Gasteiger partial charge in [0.1, 0.15) is 5.69 Å². The molecule has 1 fully saturated rings. The summed E-state index contributed by atoms with van der Waals surface area (Å²) in [7, 11) is 0. The Morgan fingerprint density at radius 1 is 1.50 bits per heavy atom. The Morgan fingerprint density at radius 2 is 2.25 bits per heavy atom. The molecule has 2 unspecified atom stereocenters. The normalized spacial score (nSPS) is 22.9. The van der Waals surface area contributed by atoms with Gasteiger partial charge in [-0.15, -0.1) is 0 Å². The van der Waals surface area contributed by atoms with Crippen LogP contribution in [0.2, 0.25) is 0 Å². The fourth-order valence-corrected chi connectivity index (χ4v) is 3.01. The molecule has 6 heteroatoms. The number of anilines is 1. The molecular weight excluding hydrogens is 256 g/mol. The van der Waals surface area contributed by atoms with Gasteiger partial charge in [-0.2, -0.15) is 0 Å². The molecule has 1 aromatic rings. The number of nitrogens with one attached hydrogen (secondary N) is 1. The zero-order chi connectivity index (χ0) is 14.7. The average Bonchev–Trinajstić information content (AvgIpc) is 2.79. The molecule has 0 amide bonds. The Morgan fingerprint density at radius 3 is 2.85 bits per heavy atom. The van der Waals surface area contributed by atoms with Crippen molar-refractivity contribution in [1.29, 1.82) is 0 Å². The minimum Gasteiger partial charge on any atom is -0.318 e. The van der Waals surface area contributed by atoms with E-state index in [1.165, 1.54) is 12.8 Å². The van der Waals surface area contributed by atoms with Crippen LogP contribution in [0.1, 0.15) is 38.7 Å². The minimum absolute atomic E-state index is 0.0323. The molecule has 1 aromatic carbocycles. The topological polar surface area (TPSA) is 84.4 Å². The van der Waals surface area contributed by atoms with E-state index < -0.39 is 4.92 Å². The Balaban J connectivity index is 2.21. The average molecular weight is 278 g/mol. The number of nitrogen functional groups attached to an aromatic ring is 1. The predicted molar refractivity (Wildman–Crippen MR) is 79.2 cm³/mol. The second-order valence-electron chi connectivity index (χ2n) is 5.41. The number of hydrogen-bond acceptors (Lipinski definition) is 5. The van der Waals surface area contributed by atoms with Crippen LogP contribution in [-0.2, 0) is 6.54 Å². The second-order valence-corrected chi connectivity index (χ2v) is 5.41. The smallest absolute Gasteiger partial charge is 0.293 e. The van der Waals surface area contributed by atoms with Crippen molar-refractivity contribution in [2.45, 2.75) is 51.7 Å². The Hall–Kier alpha value is -1.66. The number of nitro benzene ring substituents is 1. The molecule has 0 saturated carbocycles. The van der Waals surface area contributed by atoms with E-state index in [4.69, 9.17) is 5.84 Å². The van der Waals surface area contributed by atoms with E-state index in [1.54, 1.807) is 12.1 Å². The maximum absolute atomic E-state index is 11.1. The van der Waals surface area contributed by atoms with Gasteiger partial charge in [-0.25, -0.2) is 0 Å². The quantitative estimate of drug-likeness (QED) is 0.491. The predicted octanol–water partition coefficient (Wildman–Crippen LogP) is 2.64. The first-order chi connectivity index (χ1) is 9.56. The zero-order valence-electron chi connectivity index (χ0n) is 12.0. The van der Waals surface area contributed by atoms with E-state index in [0.29, 0.717) is 17.8 Å². The van der Waals surface area contributed by atoms with E-state index in [0.717, 1.165) is 18.5 Å². The molecule has 1 heterocycles. The van der Waals surface area contributed by atoms with E-state index in [1.807, 2.05) is 6.07 Å². The number of nitrogens with two attached hydrogens (primary N) is 1. The summed E-state index contributed by atoms with van der Waals surface area (Å²) >= 11 is 0. The van der Waals surface area contributed by atoms with Crippen LogP contribution in [0.25, 0.3) is 0 Å². The molecule has 0 aliphatic carbocycles. The van der Waals surface area contributed by atoms with Crippen molar-refractivity contribution in [2.24, 2.45) is 5.84 Å². The van der Waals surface area contributed by atoms with Crippen LogP contribution in [-0.4, -0.2) is 21.9 Å². The first-order valence-electron chi connectivity index (χ1n) is 7.06. The number of hydrogen-bond donors (Lipinski definition) is 2. The van der Waals surface area contributed by atoms with E-state index in [9.17, 15) is 10.1 Å². The largest absolute Gasteiger partial charge is 0.318 e. The van der Waals surface area contributed by atoms with Gasteiger partial charge >= 0.3 is 0 Å². The third-order valence-corrected chi connectivity index (χ3v) is 4.20. The fourth-order valence-electron chi connectivity index (χ4n) is 3.01. The van der Waals surface area contributed by atoms with Gasteiger partial charge in [-0.3, -0.25) is 20.9 Å². The molecule has 0 bridgehead atoms. The molecule has 1 aliphatic rings. The number of nitrogens with zero attached hydrogens (tertiary/aromatic N) is 2. The highest BCUT2D eigenvalue weighted by Crippen LogP contribution is 2.30. The van der Waals surface area contributed by atoms with Crippen LogP contribution >= 0.6 is 0 Å². The van der Waals surface area contributed by atoms with Gasteiger partial charge in [0.2, 0.25) is 0 Å². The van der Waals surface area contributed by atoms with Crippen molar-refractivity contribution in [1.82, 2.24) is 4.90 Å². The van der Waals surface area contributed by atoms with Crippen LogP contribution in [0, 0.1) is 10.1 Å². The summed E-state index contributed by atoms with van der Waals surface area (Å²) in [6.07, 6.45) is 3.53. The van der Waals surface area contributed by atoms with E-state index in [2.05, 4.69) is 24.2 Å². The molecule has 6 nitrogen and oxygen atoms in total. The molecular formula is C14H22N4O2. The maximum Gasteiger partial charge on any atom is 0.293 e. The second kappa shape index (κ2) is 6.19. The van der Waals surface area contributed by atoms with Gasteiger partial charge in [-0.1, -0.05) is 13.0 Å². The summed E-state index contributed by atoms with van der Waals surface area (Å²) in [4.78, 5) is 13.1. The Labute approximate surface area is 119 Å². The van der Waals surface area contributed by atoms with Gasteiger partial charge in [-0.05, 0) is 37.8 Å². The lowest BCUT2D eigenvalue weighted by Gasteiger charge is -2.27. The third-order valence-electron chi connectivity index (χ3n) is 4.20. The Kier molecular flexibility index (Phi) is 4.57. The van der Waals surface area contributed by atoms with Crippen LogP contribution in [0.5, 0.6) is 0 Å². The van der Waals surface area contributed by atoms with Crippen molar-refractivity contribution in [3.8, 4) is 0 Å². The summed E-state index contributed by atoms with van der Waals surface area (Å²) in [5, 5.41) is 11.1. The number of nitro groups is 1. The van der Waals surface area contributed by atoms with Gasteiger partial charge < -0.3 is 5.43 Å². The van der Waals surface area contributed by atoms with Crippen molar-refractivity contribution in [3.63, 3.8) is 0 Å². The van der Waals surface area contributed by atoms with E-state index >= 15 is 0 Å². The minimum atomic E-state index is -0.399. The lowest BCUT2D eigenvalue weighted by Crippen LogP contribution is -2.33. The summed E-state index contributed by atoms with van der Waals surface area (Å²) in [5.74, 6) is 5.30. The fraction of sp³-hybridized carbons (Fsp3) is 0.571. The third kappa shape index (κ3) is 2.91. The molecule has 3 N–H and O–H groups in total. The molecule has 1 aliphatic heterocycles. The SMILES string of the molecule is CCC1CCC(C)N1Cc1ccc(NN)c([N+](=O)[O-])c1. The van der Waals surface area contributed by atoms with Gasteiger partial charge in [0, 0.05) is 24.7 Å². The van der Waals surface area contributed by atoms with Crippen molar-refractivity contribution in [2.75, 3.05) is 5.43 Å². The number of rotatable bonds is 5. The summed E-state index contributed by atoms with van der Waals surface area (Å²) in [5.41, 5.74) is 3.71. The molecule has 2 rings (SSSR count). The zero-order valence-corrected chi connectivity index (χ0v) is 12.0. The van der Waals surface area contributed by atoms with E-state index in [-0.39, 0.29) is 5.69 Å². The number of likely N-dealkylation sites (tertiary alicyclic amines) is 1. The highest BCUT2D eigenvalue weighted by molar-refractivity contribution is 5.61. The van der Waals surface area contributed by atoms with Crippen LogP contribution in [0.4, 0.5) is 11.4 Å². The van der Waals surface area contributed by atoms with Crippen LogP contribution in [0.15, 0.2) is 18.2 Å². The molecule has 1 saturated heterocycles.